The van der Waals surface area contributed by atoms with E-state index < -0.39 is 29.5 Å². The number of hydrogen-bond acceptors (Lipinski definition) is 2. The zero-order chi connectivity index (χ0) is 20.8. The first kappa shape index (κ1) is 20.2. The minimum atomic E-state index is -0.927. The third-order valence-electron chi connectivity index (χ3n) is 4.47. The fourth-order valence-electron chi connectivity index (χ4n) is 3.07. The van der Waals surface area contributed by atoms with Gasteiger partial charge in [0.15, 0.2) is 0 Å². The molecule has 3 aromatic rings. The van der Waals surface area contributed by atoms with E-state index in [4.69, 9.17) is 5.73 Å². The molecule has 0 aliphatic heterocycles. The van der Waals surface area contributed by atoms with E-state index in [9.17, 15) is 18.4 Å². The molecule has 0 bridgehead atoms. The molecule has 2 amide bonds. The molecular weight excluding hydrogens is 374 g/mol. The summed E-state index contributed by atoms with van der Waals surface area (Å²) >= 11 is 0. The van der Waals surface area contributed by atoms with E-state index in [0.717, 1.165) is 34.9 Å². The average Bonchev–Trinajstić information content (AvgIpc) is 2.68. The Balaban J connectivity index is 1.65. The topological polar surface area (TPSA) is 72.2 Å². The lowest BCUT2D eigenvalue weighted by atomic mass is 10.00. The standard InChI is InChI=1S/C23H20F2N2O2/c24-19-10-16(11-20(25)14-19)13-22(28)27-21(23(26)29)12-15-6-8-18(9-7-15)17-4-2-1-3-5-17/h1-11,14,21H,12-13H2,(H2,26,29)(H,27,28)/t21-/m1/s1. The highest BCUT2D eigenvalue weighted by atomic mass is 19.1. The molecule has 3 rings (SSSR count). The first-order chi connectivity index (χ1) is 13.9. The van der Waals surface area contributed by atoms with Crippen molar-refractivity contribution in [2.24, 2.45) is 5.73 Å². The molecule has 148 valence electrons. The van der Waals surface area contributed by atoms with Crippen molar-refractivity contribution in [2.45, 2.75) is 18.9 Å². The zero-order valence-corrected chi connectivity index (χ0v) is 15.6. The van der Waals surface area contributed by atoms with Crippen molar-refractivity contribution in [3.63, 3.8) is 0 Å². The summed E-state index contributed by atoms with van der Waals surface area (Å²) in [6, 6.07) is 19.4. The number of hydrogen-bond donors (Lipinski definition) is 2. The van der Waals surface area contributed by atoms with Gasteiger partial charge in [0.05, 0.1) is 6.42 Å². The van der Waals surface area contributed by atoms with Gasteiger partial charge in [-0.2, -0.15) is 0 Å². The van der Waals surface area contributed by atoms with Crippen LogP contribution in [0.15, 0.2) is 72.8 Å². The van der Waals surface area contributed by atoms with Gasteiger partial charge >= 0.3 is 0 Å². The van der Waals surface area contributed by atoms with Crippen molar-refractivity contribution >= 4 is 11.8 Å². The maximum Gasteiger partial charge on any atom is 0.240 e. The molecule has 0 aromatic heterocycles. The van der Waals surface area contributed by atoms with Gasteiger partial charge in [0.25, 0.3) is 0 Å². The van der Waals surface area contributed by atoms with Crippen LogP contribution in [0, 0.1) is 11.6 Å². The van der Waals surface area contributed by atoms with Gasteiger partial charge in [-0.15, -0.1) is 0 Å². The van der Waals surface area contributed by atoms with Crippen molar-refractivity contribution in [1.29, 1.82) is 0 Å². The molecule has 29 heavy (non-hydrogen) atoms. The van der Waals surface area contributed by atoms with Crippen LogP contribution in [0.5, 0.6) is 0 Å². The second kappa shape index (κ2) is 9.10. The SMILES string of the molecule is NC(=O)[C@@H](Cc1ccc(-c2ccccc2)cc1)NC(=O)Cc1cc(F)cc(F)c1. The minimum absolute atomic E-state index is 0.176. The van der Waals surface area contributed by atoms with Crippen LogP contribution >= 0.6 is 0 Å². The lowest BCUT2D eigenvalue weighted by molar-refractivity contribution is -0.127. The lowest BCUT2D eigenvalue weighted by Crippen LogP contribution is -2.46. The Morgan fingerprint density at radius 2 is 1.41 bits per heavy atom. The molecule has 3 N–H and O–H groups in total. The molecule has 0 fully saturated rings. The highest BCUT2D eigenvalue weighted by Crippen LogP contribution is 2.19. The molecule has 1 atom stereocenters. The molecule has 0 saturated heterocycles. The summed E-state index contributed by atoms with van der Waals surface area (Å²) in [6.45, 7) is 0. The maximum atomic E-state index is 13.3. The molecule has 0 aliphatic rings. The van der Waals surface area contributed by atoms with Crippen molar-refractivity contribution < 1.29 is 18.4 Å². The molecule has 0 heterocycles. The third-order valence-corrected chi connectivity index (χ3v) is 4.47. The zero-order valence-electron chi connectivity index (χ0n) is 15.6. The fourth-order valence-corrected chi connectivity index (χ4v) is 3.07. The number of carbonyl (C=O) groups is 2. The molecular formula is C23H20F2N2O2. The Bertz CT molecular complexity index is 985. The number of benzene rings is 3. The van der Waals surface area contributed by atoms with E-state index in [1.165, 1.54) is 0 Å². The number of carbonyl (C=O) groups excluding carboxylic acids is 2. The monoisotopic (exact) mass is 394 g/mol. The minimum Gasteiger partial charge on any atom is -0.368 e. The number of rotatable bonds is 7. The van der Waals surface area contributed by atoms with Crippen LogP contribution in [0.1, 0.15) is 11.1 Å². The first-order valence-electron chi connectivity index (χ1n) is 9.09. The Kier molecular flexibility index (Phi) is 6.34. The van der Waals surface area contributed by atoms with E-state index >= 15 is 0 Å². The van der Waals surface area contributed by atoms with Gasteiger partial charge in [-0.05, 0) is 34.4 Å². The summed E-state index contributed by atoms with van der Waals surface area (Å²) in [4.78, 5) is 24.0. The van der Waals surface area contributed by atoms with Gasteiger partial charge in [-0.25, -0.2) is 8.78 Å². The highest BCUT2D eigenvalue weighted by Gasteiger charge is 2.19. The fraction of sp³-hybridized carbons (Fsp3) is 0.130. The van der Waals surface area contributed by atoms with Crippen molar-refractivity contribution in [2.75, 3.05) is 0 Å². The summed E-state index contributed by atoms with van der Waals surface area (Å²) in [7, 11) is 0. The summed E-state index contributed by atoms with van der Waals surface area (Å²) in [5.74, 6) is -2.76. The second-order valence-corrected chi connectivity index (χ2v) is 6.74. The summed E-state index contributed by atoms with van der Waals surface area (Å²) in [5, 5.41) is 2.54. The third kappa shape index (κ3) is 5.72. The average molecular weight is 394 g/mol. The van der Waals surface area contributed by atoms with Gasteiger partial charge < -0.3 is 11.1 Å². The summed E-state index contributed by atoms with van der Waals surface area (Å²) in [6.07, 6.45) is -0.0426. The quantitative estimate of drug-likeness (QED) is 0.645. The number of nitrogens with one attached hydrogen (secondary N) is 1. The van der Waals surface area contributed by atoms with Crippen LogP contribution in [-0.4, -0.2) is 17.9 Å². The summed E-state index contributed by atoms with van der Waals surface area (Å²) < 4.78 is 26.5. The number of nitrogens with two attached hydrogens (primary N) is 1. The smallest absolute Gasteiger partial charge is 0.240 e. The van der Waals surface area contributed by atoms with Gasteiger partial charge in [0.1, 0.15) is 17.7 Å². The molecule has 4 nitrogen and oxygen atoms in total. The van der Waals surface area contributed by atoms with Crippen LogP contribution < -0.4 is 11.1 Å². The molecule has 0 spiro atoms. The Hall–Kier alpha value is -3.54. The highest BCUT2D eigenvalue weighted by molar-refractivity contribution is 5.87. The van der Waals surface area contributed by atoms with Crippen LogP contribution in [0.2, 0.25) is 0 Å². The molecule has 0 aliphatic carbocycles. The molecule has 6 heteroatoms. The van der Waals surface area contributed by atoms with Crippen LogP contribution in [0.4, 0.5) is 8.78 Å². The van der Waals surface area contributed by atoms with Gasteiger partial charge in [0.2, 0.25) is 11.8 Å². The van der Waals surface area contributed by atoms with E-state index in [-0.39, 0.29) is 18.4 Å². The normalized spacial score (nSPS) is 11.7. The van der Waals surface area contributed by atoms with Crippen LogP contribution in [-0.2, 0) is 22.4 Å². The van der Waals surface area contributed by atoms with Gasteiger partial charge in [-0.1, -0.05) is 54.6 Å². The van der Waals surface area contributed by atoms with E-state index in [1.54, 1.807) is 0 Å². The van der Waals surface area contributed by atoms with Crippen LogP contribution in [0.25, 0.3) is 11.1 Å². The van der Waals surface area contributed by atoms with E-state index in [2.05, 4.69) is 5.32 Å². The van der Waals surface area contributed by atoms with Crippen molar-refractivity contribution in [1.82, 2.24) is 5.32 Å². The van der Waals surface area contributed by atoms with Gasteiger partial charge in [-0.3, -0.25) is 9.59 Å². The largest absolute Gasteiger partial charge is 0.368 e. The lowest BCUT2D eigenvalue weighted by Gasteiger charge is -2.16. The predicted molar refractivity (Wildman–Crippen MR) is 107 cm³/mol. The first-order valence-corrected chi connectivity index (χ1v) is 9.09. The van der Waals surface area contributed by atoms with Gasteiger partial charge in [0, 0.05) is 12.5 Å². The maximum absolute atomic E-state index is 13.3. The molecule has 3 aromatic carbocycles. The number of halogens is 2. The number of primary amides is 1. The number of amides is 2. The molecule has 0 radical (unpaired) electrons. The van der Waals surface area contributed by atoms with E-state index in [0.29, 0.717) is 0 Å². The van der Waals surface area contributed by atoms with Crippen molar-refractivity contribution in [3.05, 3.63) is 95.6 Å². The Labute approximate surface area is 167 Å². The molecule has 0 saturated carbocycles. The Morgan fingerprint density at radius 3 is 2.00 bits per heavy atom. The predicted octanol–water partition coefficient (Wildman–Crippen LogP) is 3.39. The van der Waals surface area contributed by atoms with Crippen molar-refractivity contribution in [3.8, 4) is 11.1 Å². The van der Waals surface area contributed by atoms with E-state index in [1.807, 2.05) is 54.6 Å². The molecule has 0 unspecified atom stereocenters. The Morgan fingerprint density at radius 1 is 0.828 bits per heavy atom. The second-order valence-electron chi connectivity index (χ2n) is 6.74. The summed E-state index contributed by atoms with van der Waals surface area (Å²) in [5.41, 5.74) is 8.52. The van der Waals surface area contributed by atoms with Crippen LogP contribution in [0.3, 0.4) is 0 Å².